The fraction of sp³-hybridized carbons (Fsp3) is 0.250. The van der Waals surface area contributed by atoms with E-state index in [9.17, 15) is 0 Å². The number of anilines is 4. The molecule has 0 radical (unpaired) electrons. The number of pyridine rings is 1. The molecule has 2 N–H and O–H groups in total. The summed E-state index contributed by atoms with van der Waals surface area (Å²) in [6.45, 7) is 3.43. The quantitative estimate of drug-likeness (QED) is 0.722. The van der Waals surface area contributed by atoms with Gasteiger partial charge in [0, 0.05) is 55.5 Å². The van der Waals surface area contributed by atoms with E-state index in [0.29, 0.717) is 5.95 Å². The molecule has 1 aliphatic heterocycles. The predicted molar refractivity (Wildman–Crippen MR) is 108 cm³/mol. The van der Waals surface area contributed by atoms with Crippen LogP contribution in [0.3, 0.4) is 0 Å². The van der Waals surface area contributed by atoms with E-state index in [2.05, 4.69) is 54.8 Å². The first-order chi connectivity index (χ1) is 13.3. The first-order valence-electron chi connectivity index (χ1n) is 8.99. The highest BCUT2D eigenvalue weighted by molar-refractivity contribution is 5.68. The third-order valence-electron chi connectivity index (χ3n) is 4.44. The van der Waals surface area contributed by atoms with Gasteiger partial charge in [-0.3, -0.25) is 4.98 Å². The fourth-order valence-corrected chi connectivity index (χ4v) is 3.02. The summed E-state index contributed by atoms with van der Waals surface area (Å²) in [4.78, 5) is 15.4. The summed E-state index contributed by atoms with van der Waals surface area (Å²) < 4.78 is 5.42. The van der Waals surface area contributed by atoms with Crippen molar-refractivity contribution >= 4 is 23.1 Å². The largest absolute Gasteiger partial charge is 0.378 e. The van der Waals surface area contributed by atoms with Gasteiger partial charge in [-0.15, -0.1) is 0 Å². The smallest absolute Gasteiger partial charge is 0.224 e. The predicted octanol–water partition coefficient (Wildman–Crippen LogP) is 3.16. The summed E-state index contributed by atoms with van der Waals surface area (Å²) in [7, 11) is 1.81. The number of nitrogens with one attached hydrogen (secondary N) is 2. The van der Waals surface area contributed by atoms with Crippen molar-refractivity contribution in [1.29, 1.82) is 0 Å². The van der Waals surface area contributed by atoms with Gasteiger partial charge in [-0.2, -0.15) is 4.98 Å². The van der Waals surface area contributed by atoms with Gasteiger partial charge in [-0.05, 0) is 36.4 Å². The molecule has 2 aromatic heterocycles. The molecule has 138 valence electrons. The van der Waals surface area contributed by atoms with Gasteiger partial charge >= 0.3 is 0 Å². The van der Waals surface area contributed by atoms with Crippen LogP contribution in [0.4, 0.5) is 23.1 Å². The maximum absolute atomic E-state index is 5.42. The molecule has 27 heavy (non-hydrogen) atoms. The summed E-state index contributed by atoms with van der Waals surface area (Å²) in [6.07, 6.45) is 3.52. The lowest BCUT2D eigenvalue weighted by Gasteiger charge is -2.28. The topological polar surface area (TPSA) is 75.2 Å². The second-order valence-electron chi connectivity index (χ2n) is 6.22. The SMILES string of the molecule is CNc1nc(Nc2ccc(N3CCOCC3)cc2)cc(-c2ccncc2)n1. The average Bonchev–Trinajstić information content (AvgIpc) is 2.75. The van der Waals surface area contributed by atoms with Crippen LogP contribution in [-0.2, 0) is 4.74 Å². The molecule has 0 atom stereocenters. The summed E-state index contributed by atoms with van der Waals surface area (Å²) >= 11 is 0. The van der Waals surface area contributed by atoms with Crippen molar-refractivity contribution in [1.82, 2.24) is 15.0 Å². The maximum Gasteiger partial charge on any atom is 0.224 e. The molecular weight excluding hydrogens is 340 g/mol. The van der Waals surface area contributed by atoms with Crippen molar-refractivity contribution in [2.75, 3.05) is 48.9 Å². The Morgan fingerprint density at radius 1 is 0.963 bits per heavy atom. The van der Waals surface area contributed by atoms with Gasteiger partial charge in [0.25, 0.3) is 0 Å². The zero-order valence-electron chi connectivity index (χ0n) is 15.2. The molecule has 3 heterocycles. The van der Waals surface area contributed by atoms with Crippen molar-refractivity contribution in [3.63, 3.8) is 0 Å². The van der Waals surface area contributed by atoms with Gasteiger partial charge in [-0.1, -0.05) is 0 Å². The van der Waals surface area contributed by atoms with Crippen molar-refractivity contribution in [3.8, 4) is 11.3 Å². The van der Waals surface area contributed by atoms with E-state index in [0.717, 1.165) is 49.1 Å². The minimum atomic E-state index is 0.566. The minimum Gasteiger partial charge on any atom is -0.378 e. The molecule has 0 spiro atoms. The molecule has 1 fully saturated rings. The monoisotopic (exact) mass is 362 g/mol. The molecule has 3 aromatic rings. The number of nitrogens with zero attached hydrogens (tertiary/aromatic N) is 4. The Morgan fingerprint density at radius 2 is 1.70 bits per heavy atom. The van der Waals surface area contributed by atoms with E-state index < -0.39 is 0 Å². The third-order valence-corrected chi connectivity index (χ3v) is 4.44. The first-order valence-corrected chi connectivity index (χ1v) is 8.99. The lowest BCUT2D eigenvalue weighted by Crippen LogP contribution is -2.36. The highest BCUT2D eigenvalue weighted by Crippen LogP contribution is 2.25. The van der Waals surface area contributed by atoms with Gasteiger partial charge in [0.1, 0.15) is 5.82 Å². The maximum atomic E-state index is 5.42. The molecule has 1 aliphatic rings. The molecular formula is C20H22N6O. The van der Waals surface area contributed by atoms with Crippen molar-refractivity contribution in [3.05, 3.63) is 54.9 Å². The molecule has 0 unspecified atom stereocenters. The van der Waals surface area contributed by atoms with Gasteiger partial charge in [0.05, 0.1) is 18.9 Å². The Labute approximate surface area is 158 Å². The molecule has 0 saturated carbocycles. The Bertz CT molecular complexity index is 879. The summed E-state index contributed by atoms with van der Waals surface area (Å²) in [5.41, 5.74) is 4.02. The number of hydrogen-bond donors (Lipinski definition) is 2. The first kappa shape index (κ1) is 17.2. The van der Waals surface area contributed by atoms with Gasteiger partial charge < -0.3 is 20.3 Å². The van der Waals surface area contributed by atoms with E-state index in [1.807, 2.05) is 25.2 Å². The van der Waals surface area contributed by atoms with E-state index in [-0.39, 0.29) is 0 Å². The summed E-state index contributed by atoms with van der Waals surface area (Å²) in [6, 6.07) is 14.2. The molecule has 4 rings (SSSR count). The van der Waals surface area contributed by atoms with Crippen molar-refractivity contribution in [2.24, 2.45) is 0 Å². The van der Waals surface area contributed by atoms with Crippen LogP contribution in [0.5, 0.6) is 0 Å². The van der Waals surface area contributed by atoms with Crippen LogP contribution in [0, 0.1) is 0 Å². The number of ether oxygens (including phenoxy) is 1. The van der Waals surface area contributed by atoms with Crippen molar-refractivity contribution in [2.45, 2.75) is 0 Å². The fourth-order valence-electron chi connectivity index (χ4n) is 3.02. The van der Waals surface area contributed by atoms with Crippen LogP contribution in [-0.4, -0.2) is 48.3 Å². The number of morpholine rings is 1. The summed E-state index contributed by atoms with van der Waals surface area (Å²) in [5, 5.41) is 6.39. The average molecular weight is 362 g/mol. The zero-order valence-corrected chi connectivity index (χ0v) is 15.2. The van der Waals surface area contributed by atoms with Gasteiger partial charge in [0.2, 0.25) is 5.95 Å². The van der Waals surface area contributed by atoms with Gasteiger partial charge in [-0.25, -0.2) is 4.98 Å². The third kappa shape index (κ3) is 4.15. The standard InChI is InChI=1S/C20H22N6O/c1-21-20-24-18(15-6-8-22-9-7-15)14-19(25-20)23-16-2-4-17(5-3-16)26-10-12-27-13-11-26/h2-9,14H,10-13H2,1H3,(H2,21,23,24,25). The second kappa shape index (κ2) is 8.01. The Morgan fingerprint density at radius 3 is 2.41 bits per heavy atom. The lowest BCUT2D eigenvalue weighted by atomic mass is 10.2. The van der Waals surface area contributed by atoms with E-state index in [4.69, 9.17) is 4.74 Å². The number of aromatic nitrogens is 3. The van der Waals surface area contributed by atoms with Crippen LogP contribution in [0.1, 0.15) is 0 Å². The van der Waals surface area contributed by atoms with Crippen LogP contribution in [0.25, 0.3) is 11.3 Å². The highest BCUT2D eigenvalue weighted by atomic mass is 16.5. The molecule has 7 heteroatoms. The number of hydrogen-bond acceptors (Lipinski definition) is 7. The van der Waals surface area contributed by atoms with Crippen LogP contribution >= 0.6 is 0 Å². The van der Waals surface area contributed by atoms with Crippen molar-refractivity contribution < 1.29 is 4.74 Å². The number of benzene rings is 1. The molecule has 0 bridgehead atoms. The number of rotatable bonds is 5. The van der Waals surface area contributed by atoms with E-state index >= 15 is 0 Å². The molecule has 1 aromatic carbocycles. The molecule has 1 saturated heterocycles. The van der Waals surface area contributed by atoms with E-state index in [1.165, 1.54) is 5.69 Å². The Kier molecular flexibility index (Phi) is 5.11. The normalized spacial score (nSPS) is 14.0. The molecule has 0 amide bonds. The zero-order chi connectivity index (χ0) is 18.5. The summed E-state index contributed by atoms with van der Waals surface area (Å²) in [5.74, 6) is 1.30. The van der Waals surface area contributed by atoms with Crippen LogP contribution < -0.4 is 15.5 Å². The van der Waals surface area contributed by atoms with Crippen LogP contribution in [0.2, 0.25) is 0 Å². The second-order valence-corrected chi connectivity index (χ2v) is 6.22. The Balaban J connectivity index is 1.55. The molecule has 7 nitrogen and oxygen atoms in total. The van der Waals surface area contributed by atoms with Gasteiger partial charge in [0.15, 0.2) is 0 Å². The van der Waals surface area contributed by atoms with E-state index in [1.54, 1.807) is 12.4 Å². The highest BCUT2D eigenvalue weighted by Gasteiger charge is 2.11. The molecule has 0 aliphatic carbocycles. The van der Waals surface area contributed by atoms with Crippen LogP contribution in [0.15, 0.2) is 54.9 Å². The minimum absolute atomic E-state index is 0.566. The lowest BCUT2D eigenvalue weighted by molar-refractivity contribution is 0.122. The Hall–Kier alpha value is -3.19.